The molecule has 2 heteroatoms. The fraction of sp³-hybridized carbons (Fsp3) is 1.00. The molecule has 2 atom stereocenters. The van der Waals surface area contributed by atoms with E-state index in [1.807, 2.05) is 14.1 Å². The number of nitrogens with one attached hydrogen (secondary N) is 2. The van der Waals surface area contributed by atoms with E-state index < -0.39 is 0 Å². The first-order valence-corrected chi connectivity index (χ1v) is 5.09. The molecular weight excluding hydrogens is 148 g/mol. The molecule has 0 aliphatic rings. The lowest BCUT2D eigenvalue weighted by atomic mass is 9.88. The standard InChI is InChI=1S/C10H24N2/c1-5-9(7-11-3)10(6-2)8-12-4/h9-12H,5-8H2,1-4H3. The van der Waals surface area contributed by atoms with Crippen molar-refractivity contribution in [2.75, 3.05) is 27.2 Å². The van der Waals surface area contributed by atoms with Crippen LogP contribution in [0.15, 0.2) is 0 Å². The summed E-state index contributed by atoms with van der Waals surface area (Å²) in [4.78, 5) is 0. The molecule has 74 valence electrons. The van der Waals surface area contributed by atoms with Gasteiger partial charge >= 0.3 is 0 Å². The lowest BCUT2D eigenvalue weighted by Gasteiger charge is -2.24. The maximum atomic E-state index is 3.26. The van der Waals surface area contributed by atoms with E-state index in [4.69, 9.17) is 0 Å². The quantitative estimate of drug-likeness (QED) is 0.608. The zero-order valence-electron chi connectivity index (χ0n) is 8.98. The van der Waals surface area contributed by atoms with Crippen molar-refractivity contribution in [2.45, 2.75) is 26.7 Å². The maximum absolute atomic E-state index is 3.26. The second kappa shape index (κ2) is 7.56. The summed E-state index contributed by atoms with van der Waals surface area (Å²) in [6.45, 7) is 6.86. The molecule has 0 aliphatic heterocycles. The Morgan fingerprint density at radius 2 is 1.17 bits per heavy atom. The van der Waals surface area contributed by atoms with Crippen molar-refractivity contribution in [1.29, 1.82) is 0 Å². The van der Waals surface area contributed by atoms with Crippen LogP contribution in [0.5, 0.6) is 0 Å². The maximum Gasteiger partial charge on any atom is -0.00205 e. The van der Waals surface area contributed by atoms with Crippen LogP contribution >= 0.6 is 0 Å². The highest BCUT2D eigenvalue weighted by molar-refractivity contribution is 4.70. The van der Waals surface area contributed by atoms with E-state index in [0.717, 1.165) is 24.9 Å². The fourth-order valence-electron chi connectivity index (χ4n) is 1.81. The topological polar surface area (TPSA) is 24.1 Å². The van der Waals surface area contributed by atoms with Crippen LogP contribution in [-0.2, 0) is 0 Å². The molecule has 0 aromatic carbocycles. The molecule has 0 radical (unpaired) electrons. The predicted octanol–water partition coefficient (Wildman–Crippen LogP) is 1.48. The summed E-state index contributed by atoms with van der Waals surface area (Å²) >= 11 is 0. The molecule has 0 spiro atoms. The summed E-state index contributed by atoms with van der Waals surface area (Å²) in [5, 5.41) is 6.53. The Bertz CT molecular complexity index is 81.8. The van der Waals surface area contributed by atoms with Gasteiger partial charge in [-0.15, -0.1) is 0 Å². The van der Waals surface area contributed by atoms with E-state index in [0.29, 0.717) is 0 Å². The summed E-state index contributed by atoms with van der Waals surface area (Å²) in [7, 11) is 4.07. The smallest absolute Gasteiger partial charge is 0.00205 e. The molecule has 0 saturated carbocycles. The van der Waals surface area contributed by atoms with Gasteiger partial charge in [0.15, 0.2) is 0 Å². The van der Waals surface area contributed by atoms with E-state index in [1.165, 1.54) is 12.8 Å². The van der Waals surface area contributed by atoms with Crippen LogP contribution in [-0.4, -0.2) is 27.2 Å². The van der Waals surface area contributed by atoms with Gasteiger partial charge in [0.25, 0.3) is 0 Å². The molecule has 2 nitrogen and oxygen atoms in total. The normalized spacial score (nSPS) is 16.0. The molecule has 12 heavy (non-hydrogen) atoms. The lowest BCUT2D eigenvalue weighted by molar-refractivity contribution is 0.299. The summed E-state index contributed by atoms with van der Waals surface area (Å²) < 4.78 is 0. The molecular formula is C10H24N2. The third-order valence-electron chi connectivity index (χ3n) is 2.65. The van der Waals surface area contributed by atoms with Gasteiger partial charge in [-0.2, -0.15) is 0 Å². The molecule has 0 rings (SSSR count). The van der Waals surface area contributed by atoms with E-state index in [1.54, 1.807) is 0 Å². The Balaban J connectivity index is 3.84. The summed E-state index contributed by atoms with van der Waals surface area (Å²) in [6, 6.07) is 0. The van der Waals surface area contributed by atoms with Gasteiger partial charge in [0.2, 0.25) is 0 Å². The summed E-state index contributed by atoms with van der Waals surface area (Å²) in [6.07, 6.45) is 2.56. The Hall–Kier alpha value is -0.0800. The van der Waals surface area contributed by atoms with Crippen LogP contribution in [0.3, 0.4) is 0 Å². The Morgan fingerprint density at radius 3 is 1.33 bits per heavy atom. The highest BCUT2D eigenvalue weighted by atomic mass is 14.8. The highest BCUT2D eigenvalue weighted by Crippen LogP contribution is 2.17. The SMILES string of the molecule is CCC(CNC)C(CC)CNC. The first kappa shape index (κ1) is 11.9. The molecule has 0 aromatic rings. The van der Waals surface area contributed by atoms with Crippen molar-refractivity contribution in [1.82, 2.24) is 10.6 Å². The Morgan fingerprint density at radius 1 is 0.833 bits per heavy atom. The van der Waals surface area contributed by atoms with E-state index in [-0.39, 0.29) is 0 Å². The third-order valence-corrected chi connectivity index (χ3v) is 2.65. The van der Waals surface area contributed by atoms with Gasteiger partial charge in [-0.1, -0.05) is 26.7 Å². The van der Waals surface area contributed by atoms with Crippen LogP contribution in [0, 0.1) is 11.8 Å². The van der Waals surface area contributed by atoms with Crippen molar-refractivity contribution in [3.8, 4) is 0 Å². The second-order valence-electron chi connectivity index (χ2n) is 3.45. The zero-order chi connectivity index (χ0) is 9.40. The largest absolute Gasteiger partial charge is 0.319 e. The number of hydrogen-bond donors (Lipinski definition) is 2. The van der Waals surface area contributed by atoms with Crippen LogP contribution in [0.1, 0.15) is 26.7 Å². The first-order valence-electron chi connectivity index (χ1n) is 5.09. The average molecular weight is 172 g/mol. The molecule has 0 amide bonds. The van der Waals surface area contributed by atoms with Gasteiger partial charge in [0.1, 0.15) is 0 Å². The van der Waals surface area contributed by atoms with Crippen molar-refractivity contribution < 1.29 is 0 Å². The van der Waals surface area contributed by atoms with Crippen molar-refractivity contribution in [3.63, 3.8) is 0 Å². The van der Waals surface area contributed by atoms with Gasteiger partial charge in [-0.3, -0.25) is 0 Å². The van der Waals surface area contributed by atoms with Crippen molar-refractivity contribution in [3.05, 3.63) is 0 Å². The monoisotopic (exact) mass is 172 g/mol. The summed E-state index contributed by atoms with van der Waals surface area (Å²) in [5.41, 5.74) is 0. The predicted molar refractivity (Wildman–Crippen MR) is 55.4 cm³/mol. The van der Waals surface area contributed by atoms with Crippen LogP contribution in [0.4, 0.5) is 0 Å². The minimum atomic E-state index is 0.826. The summed E-state index contributed by atoms with van der Waals surface area (Å²) in [5.74, 6) is 1.65. The van der Waals surface area contributed by atoms with Gasteiger partial charge in [0, 0.05) is 0 Å². The fourth-order valence-corrected chi connectivity index (χ4v) is 1.81. The molecule has 2 unspecified atom stereocenters. The number of rotatable bonds is 7. The molecule has 2 N–H and O–H groups in total. The van der Waals surface area contributed by atoms with Gasteiger partial charge < -0.3 is 10.6 Å². The molecule has 0 aliphatic carbocycles. The van der Waals surface area contributed by atoms with E-state index in [2.05, 4.69) is 24.5 Å². The lowest BCUT2D eigenvalue weighted by Crippen LogP contribution is -2.31. The molecule has 0 saturated heterocycles. The Labute approximate surface area is 77.1 Å². The molecule has 0 fully saturated rings. The van der Waals surface area contributed by atoms with Crippen LogP contribution in [0.25, 0.3) is 0 Å². The van der Waals surface area contributed by atoms with E-state index in [9.17, 15) is 0 Å². The van der Waals surface area contributed by atoms with Crippen LogP contribution in [0.2, 0.25) is 0 Å². The first-order chi connectivity index (χ1) is 5.79. The molecule has 0 aromatic heterocycles. The van der Waals surface area contributed by atoms with Crippen molar-refractivity contribution in [2.24, 2.45) is 11.8 Å². The van der Waals surface area contributed by atoms with Gasteiger partial charge in [0.05, 0.1) is 0 Å². The Kier molecular flexibility index (Phi) is 7.51. The van der Waals surface area contributed by atoms with Crippen LogP contribution < -0.4 is 10.6 Å². The van der Waals surface area contributed by atoms with Gasteiger partial charge in [-0.25, -0.2) is 0 Å². The molecule has 0 heterocycles. The minimum Gasteiger partial charge on any atom is -0.319 e. The molecule has 0 bridgehead atoms. The van der Waals surface area contributed by atoms with Gasteiger partial charge in [-0.05, 0) is 39.0 Å². The van der Waals surface area contributed by atoms with Crippen molar-refractivity contribution >= 4 is 0 Å². The average Bonchev–Trinajstić information content (AvgIpc) is 2.11. The zero-order valence-corrected chi connectivity index (χ0v) is 8.98. The minimum absolute atomic E-state index is 0.826. The second-order valence-corrected chi connectivity index (χ2v) is 3.45. The highest BCUT2D eigenvalue weighted by Gasteiger charge is 2.16. The number of hydrogen-bond acceptors (Lipinski definition) is 2. The van der Waals surface area contributed by atoms with E-state index >= 15 is 0 Å². The third kappa shape index (κ3) is 4.07.